The molecular formula is C12H10O3S. The number of benzene rings is 2. The van der Waals surface area contributed by atoms with Crippen molar-refractivity contribution in [2.45, 2.75) is 4.90 Å². The van der Waals surface area contributed by atoms with Crippen LogP contribution in [0.25, 0.3) is 11.1 Å². The third kappa shape index (κ3) is 2.13. The Morgan fingerprint density at radius 3 is 2.00 bits per heavy atom. The molecule has 0 unspecified atom stereocenters. The highest BCUT2D eigenvalue weighted by Gasteiger charge is 2.15. The zero-order valence-electron chi connectivity index (χ0n) is 8.37. The minimum atomic E-state index is -4.18. The molecule has 0 amide bonds. The van der Waals surface area contributed by atoms with E-state index in [-0.39, 0.29) is 4.90 Å². The van der Waals surface area contributed by atoms with E-state index < -0.39 is 10.1 Å². The molecule has 0 aromatic heterocycles. The molecule has 2 aromatic rings. The summed E-state index contributed by atoms with van der Waals surface area (Å²) in [5, 5.41) is 0. The monoisotopic (exact) mass is 234 g/mol. The van der Waals surface area contributed by atoms with Crippen LogP contribution in [0.2, 0.25) is 0 Å². The van der Waals surface area contributed by atoms with Gasteiger partial charge in [0.25, 0.3) is 10.1 Å². The largest absolute Gasteiger partial charge is 0.295 e. The molecule has 2 rings (SSSR count). The van der Waals surface area contributed by atoms with Crippen LogP contribution >= 0.6 is 0 Å². The molecule has 0 atom stereocenters. The lowest BCUT2D eigenvalue weighted by atomic mass is 10.1. The first-order valence-electron chi connectivity index (χ1n) is 4.71. The maximum atomic E-state index is 11.2. The van der Waals surface area contributed by atoms with Gasteiger partial charge in [-0.2, -0.15) is 8.42 Å². The summed E-state index contributed by atoms with van der Waals surface area (Å²) in [4.78, 5) is -0.0683. The van der Waals surface area contributed by atoms with Crippen LogP contribution in [0.4, 0.5) is 0 Å². The second-order valence-electron chi connectivity index (χ2n) is 3.34. The van der Waals surface area contributed by atoms with E-state index in [9.17, 15) is 8.42 Å². The van der Waals surface area contributed by atoms with E-state index in [1.165, 1.54) is 6.07 Å². The molecule has 0 spiro atoms. The van der Waals surface area contributed by atoms with Crippen molar-refractivity contribution < 1.29 is 13.0 Å². The van der Waals surface area contributed by atoms with Crippen LogP contribution < -0.4 is 0 Å². The molecule has 0 bridgehead atoms. The summed E-state index contributed by atoms with van der Waals surface area (Å²) in [6.45, 7) is 0. The number of hydrogen-bond donors (Lipinski definition) is 1. The van der Waals surface area contributed by atoms with Gasteiger partial charge in [0.05, 0.1) is 0 Å². The van der Waals surface area contributed by atoms with Crippen LogP contribution in [0.5, 0.6) is 0 Å². The van der Waals surface area contributed by atoms with Crippen LogP contribution in [-0.4, -0.2) is 13.0 Å². The Morgan fingerprint density at radius 1 is 0.812 bits per heavy atom. The van der Waals surface area contributed by atoms with Gasteiger partial charge in [0.1, 0.15) is 4.90 Å². The minimum absolute atomic E-state index is 0.0683. The van der Waals surface area contributed by atoms with Crippen molar-refractivity contribution in [1.29, 1.82) is 0 Å². The van der Waals surface area contributed by atoms with Gasteiger partial charge in [0.2, 0.25) is 0 Å². The molecule has 0 saturated carbocycles. The molecule has 3 nitrogen and oxygen atoms in total. The van der Waals surface area contributed by atoms with E-state index in [2.05, 4.69) is 0 Å². The molecule has 0 aliphatic carbocycles. The first-order valence-corrected chi connectivity index (χ1v) is 6.15. The normalized spacial score (nSPS) is 11.3. The molecule has 0 aliphatic rings. The summed E-state index contributed by atoms with van der Waals surface area (Å²) in [6, 6.07) is 15.4. The standard InChI is InChI=1S/C12H10O3S/c13-16(14,15)12-9-5-4-8-11(12)10-6-2-1-3-7-10/h1-9H,(H,13,14,15). The van der Waals surface area contributed by atoms with Gasteiger partial charge in [-0.25, -0.2) is 0 Å². The Hall–Kier alpha value is -1.65. The van der Waals surface area contributed by atoms with Gasteiger partial charge in [-0.15, -0.1) is 0 Å². The molecule has 0 aliphatic heterocycles. The quantitative estimate of drug-likeness (QED) is 0.812. The lowest BCUT2D eigenvalue weighted by Crippen LogP contribution is -2.00. The van der Waals surface area contributed by atoms with E-state index in [1.807, 2.05) is 18.2 Å². The first kappa shape index (κ1) is 10.9. The Kier molecular flexibility index (Phi) is 2.77. The average Bonchev–Trinajstić information content (AvgIpc) is 2.29. The van der Waals surface area contributed by atoms with E-state index in [0.717, 1.165) is 5.56 Å². The lowest BCUT2D eigenvalue weighted by molar-refractivity contribution is 0.483. The van der Waals surface area contributed by atoms with Gasteiger partial charge in [0, 0.05) is 5.56 Å². The van der Waals surface area contributed by atoms with Crippen LogP contribution in [0.3, 0.4) is 0 Å². The minimum Gasteiger partial charge on any atom is -0.282 e. The summed E-state index contributed by atoms with van der Waals surface area (Å²) < 4.78 is 31.5. The fraction of sp³-hybridized carbons (Fsp3) is 0. The summed E-state index contributed by atoms with van der Waals surface area (Å²) in [7, 11) is -4.18. The third-order valence-electron chi connectivity index (χ3n) is 2.25. The Morgan fingerprint density at radius 2 is 1.38 bits per heavy atom. The van der Waals surface area contributed by atoms with Crippen molar-refractivity contribution in [3.8, 4) is 11.1 Å². The maximum Gasteiger partial charge on any atom is 0.295 e. The fourth-order valence-electron chi connectivity index (χ4n) is 1.55. The number of rotatable bonds is 2. The molecule has 0 heterocycles. The number of hydrogen-bond acceptors (Lipinski definition) is 2. The topological polar surface area (TPSA) is 54.4 Å². The summed E-state index contributed by atoms with van der Waals surface area (Å²) in [6.07, 6.45) is 0. The lowest BCUT2D eigenvalue weighted by Gasteiger charge is -2.06. The molecule has 82 valence electrons. The molecule has 1 N–H and O–H groups in total. The summed E-state index contributed by atoms with van der Waals surface area (Å²) in [5.74, 6) is 0. The van der Waals surface area contributed by atoms with Crippen molar-refractivity contribution in [2.75, 3.05) is 0 Å². The van der Waals surface area contributed by atoms with Gasteiger partial charge in [-0.3, -0.25) is 4.55 Å². The molecule has 16 heavy (non-hydrogen) atoms. The van der Waals surface area contributed by atoms with Gasteiger partial charge >= 0.3 is 0 Å². The van der Waals surface area contributed by atoms with Gasteiger partial charge < -0.3 is 0 Å². The summed E-state index contributed by atoms with van der Waals surface area (Å²) in [5.41, 5.74) is 1.27. The zero-order valence-corrected chi connectivity index (χ0v) is 9.18. The Balaban J connectivity index is 2.68. The van der Waals surface area contributed by atoms with Crippen LogP contribution in [0, 0.1) is 0 Å². The van der Waals surface area contributed by atoms with E-state index in [1.54, 1.807) is 30.3 Å². The highest BCUT2D eigenvalue weighted by molar-refractivity contribution is 7.86. The van der Waals surface area contributed by atoms with E-state index in [0.29, 0.717) is 5.56 Å². The van der Waals surface area contributed by atoms with Crippen molar-refractivity contribution in [3.63, 3.8) is 0 Å². The molecule has 2 aromatic carbocycles. The second kappa shape index (κ2) is 4.08. The molecule has 0 fully saturated rings. The SMILES string of the molecule is O=S(=O)(O)c1ccccc1-c1ccccc1. The van der Waals surface area contributed by atoms with Gasteiger partial charge in [-0.1, -0.05) is 48.5 Å². The Bertz CT molecular complexity index is 589. The van der Waals surface area contributed by atoms with Crippen LogP contribution in [0.15, 0.2) is 59.5 Å². The second-order valence-corrected chi connectivity index (χ2v) is 4.73. The Labute approximate surface area is 94.1 Å². The zero-order chi connectivity index (χ0) is 11.6. The summed E-state index contributed by atoms with van der Waals surface area (Å²) >= 11 is 0. The van der Waals surface area contributed by atoms with Crippen molar-refractivity contribution in [1.82, 2.24) is 0 Å². The predicted octanol–water partition coefficient (Wildman–Crippen LogP) is 2.60. The maximum absolute atomic E-state index is 11.2. The van der Waals surface area contributed by atoms with E-state index >= 15 is 0 Å². The smallest absolute Gasteiger partial charge is 0.282 e. The fourth-order valence-corrected chi connectivity index (χ4v) is 2.26. The molecule has 0 radical (unpaired) electrons. The third-order valence-corrected chi connectivity index (χ3v) is 3.16. The van der Waals surface area contributed by atoms with Gasteiger partial charge in [0.15, 0.2) is 0 Å². The highest BCUT2D eigenvalue weighted by Crippen LogP contribution is 2.26. The molecule has 4 heteroatoms. The van der Waals surface area contributed by atoms with Crippen molar-refractivity contribution in [2.24, 2.45) is 0 Å². The van der Waals surface area contributed by atoms with Crippen LogP contribution in [-0.2, 0) is 10.1 Å². The van der Waals surface area contributed by atoms with Crippen LogP contribution in [0.1, 0.15) is 0 Å². The first-order chi connectivity index (χ1) is 7.59. The molecule has 0 saturated heterocycles. The van der Waals surface area contributed by atoms with Gasteiger partial charge in [-0.05, 0) is 11.6 Å². The average molecular weight is 234 g/mol. The van der Waals surface area contributed by atoms with E-state index in [4.69, 9.17) is 4.55 Å². The highest BCUT2D eigenvalue weighted by atomic mass is 32.2. The van der Waals surface area contributed by atoms with Crippen molar-refractivity contribution in [3.05, 3.63) is 54.6 Å². The molecular weight excluding hydrogens is 224 g/mol. The predicted molar refractivity (Wildman–Crippen MR) is 61.7 cm³/mol. The van der Waals surface area contributed by atoms with Crippen molar-refractivity contribution >= 4 is 10.1 Å².